The second-order valence-electron chi connectivity index (χ2n) is 39.0. The first-order valence-corrected chi connectivity index (χ1v) is 44.5. The molecule has 0 atom stereocenters. The lowest BCUT2D eigenvalue weighted by Gasteiger charge is -2.46. The number of fused-ring (bicyclic) bond motifs is 13. The van der Waals surface area contributed by atoms with Gasteiger partial charge in [-0.15, -0.1) is 0 Å². The Hall–Kier alpha value is -14.5. The number of para-hydroxylation sites is 1. The van der Waals surface area contributed by atoms with E-state index in [4.69, 9.17) is 6.57 Å². The zero-order valence-corrected chi connectivity index (χ0v) is 73.6. The van der Waals surface area contributed by atoms with Gasteiger partial charge in [-0.1, -0.05) is 368 Å². The Morgan fingerprint density at radius 2 is 0.698 bits per heavy atom. The Bertz CT molecular complexity index is 7510. The summed E-state index contributed by atoms with van der Waals surface area (Å²) in [4.78, 5) is 9.57. The topological polar surface area (TPSA) is 20.7 Å². The highest BCUT2D eigenvalue weighted by molar-refractivity contribution is 7.00. The molecule has 22 rings (SSSR count). The quantitative estimate of drug-likeness (QED) is 0.0950. The molecule has 0 amide bonds. The predicted molar refractivity (Wildman–Crippen MR) is 535 cm³/mol. The van der Waals surface area contributed by atoms with Crippen molar-refractivity contribution in [3.63, 3.8) is 0 Å². The Balaban J connectivity index is 0.948. The van der Waals surface area contributed by atoms with Gasteiger partial charge in [0.2, 0.25) is 0 Å². The van der Waals surface area contributed by atoms with Gasteiger partial charge in [-0.25, -0.2) is 4.85 Å². The van der Waals surface area contributed by atoms with Crippen molar-refractivity contribution >= 4 is 107 Å². The van der Waals surface area contributed by atoms with E-state index in [1.807, 2.05) is 6.07 Å². The second-order valence-corrected chi connectivity index (χ2v) is 39.0. The average molecular weight is 1620 g/mol. The van der Waals surface area contributed by atoms with Crippen molar-refractivity contribution in [1.29, 1.82) is 0 Å². The molecule has 0 spiro atoms. The number of hydrogen-bond acceptors (Lipinski definition) is 2. The second kappa shape index (κ2) is 29.1. The van der Waals surface area contributed by atoms with Crippen LogP contribution in [0.15, 0.2) is 376 Å². The van der Waals surface area contributed by atoms with Gasteiger partial charge in [0, 0.05) is 66.8 Å². The lowest BCUT2D eigenvalue weighted by molar-refractivity contribution is 0.590. The van der Waals surface area contributed by atoms with Crippen LogP contribution in [0.25, 0.3) is 127 Å². The summed E-state index contributed by atoms with van der Waals surface area (Å²) in [5.41, 5.74) is 39.2. The number of aromatic nitrogens is 2. The molecule has 17 aromatic carbocycles. The van der Waals surface area contributed by atoms with Gasteiger partial charge in [0.15, 0.2) is 5.69 Å². The van der Waals surface area contributed by atoms with E-state index >= 15 is 0 Å². The monoisotopic (exact) mass is 1620 g/mol. The van der Waals surface area contributed by atoms with E-state index in [1.165, 1.54) is 88.4 Å². The number of anilines is 6. The van der Waals surface area contributed by atoms with Crippen molar-refractivity contribution in [2.45, 2.75) is 110 Å². The first-order chi connectivity index (χ1) is 61.0. The molecule has 0 N–H and O–H groups in total. The van der Waals surface area contributed by atoms with E-state index in [2.05, 4.69) is 477 Å². The Morgan fingerprint density at radius 1 is 0.270 bits per heavy atom. The van der Waals surface area contributed by atoms with Gasteiger partial charge >= 0.3 is 0 Å². The smallest absolute Gasteiger partial charge is 0.252 e. The number of hydrogen-bond donors (Lipinski definition) is 0. The molecule has 0 saturated carbocycles. The van der Waals surface area contributed by atoms with Crippen molar-refractivity contribution in [1.82, 2.24) is 9.13 Å². The fraction of sp³-hybridized carbons (Fsp3) is 0.142. The number of nitrogens with zero attached hydrogens (tertiary/aromatic N) is 5. The molecule has 0 unspecified atom stereocenters. The molecule has 5 nitrogen and oxygen atoms in total. The minimum atomic E-state index is -0.636. The Morgan fingerprint density at radius 3 is 1.24 bits per heavy atom. The molecule has 606 valence electrons. The minimum Gasteiger partial charge on any atom is -0.310 e. The highest BCUT2D eigenvalue weighted by Crippen LogP contribution is 2.61. The molecule has 126 heavy (non-hydrogen) atoms. The first-order valence-electron chi connectivity index (χ1n) is 44.5. The van der Waals surface area contributed by atoms with E-state index in [-0.39, 0.29) is 21.7 Å². The molecule has 0 saturated heterocycles. The molecular weight excluding hydrogens is 1520 g/mol. The van der Waals surface area contributed by atoms with Crippen molar-refractivity contribution in [2.24, 2.45) is 0 Å². The average Bonchev–Trinajstić information content (AvgIpc) is 1.06. The Kier molecular flexibility index (Phi) is 17.9. The largest absolute Gasteiger partial charge is 0.310 e. The van der Waals surface area contributed by atoms with Crippen LogP contribution in [0.5, 0.6) is 0 Å². The molecule has 0 radical (unpaired) electrons. The SMILES string of the molecule is [C-]#[N+]c1ccc2c(c1)c1ccccc1n2-c1cc2c3c(c1)N(c1c(-c4ccccc4)cc(C(C)(C)C)cc1-c1ccccc1)c1cc(-n4c5ccc(C(C)(C)C)cc5c5ccc(C(C)(C)C)cc54)ccc1B3c1cc(-c3cccc4c3-c3ccccc3C4(c3ccccc3)c3ccccc3)ccc1N2c1c(-c2ccccc2)cc(C(C)(C)C)cc1-c1ccccc1. The third kappa shape index (κ3) is 12.2. The van der Waals surface area contributed by atoms with Crippen LogP contribution in [0.3, 0.4) is 0 Å². The van der Waals surface area contributed by atoms with Crippen LogP contribution in [0.4, 0.5) is 39.8 Å². The normalized spacial score (nSPS) is 13.4. The maximum absolute atomic E-state index is 8.53. The van der Waals surface area contributed by atoms with Crippen molar-refractivity contribution < 1.29 is 0 Å². The summed E-state index contributed by atoms with van der Waals surface area (Å²) in [7, 11) is 0. The predicted octanol–water partition coefficient (Wildman–Crippen LogP) is 30.4. The van der Waals surface area contributed by atoms with Crippen molar-refractivity contribution in [3.05, 3.63) is 432 Å². The summed E-state index contributed by atoms with van der Waals surface area (Å²) in [6.07, 6.45) is 0. The maximum atomic E-state index is 8.53. The molecule has 19 aromatic rings. The lowest BCUT2D eigenvalue weighted by atomic mass is 9.33. The summed E-state index contributed by atoms with van der Waals surface area (Å²) in [6.45, 7) is 36.3. The van der Waals surface area contributed by atoms with E-state index in [0.29, 0.717) is 5.69 Å². The van der Waals surface area contributed by atoms with Gasteiger partial charge in [0.25, 0.3) is 6.71 Å². The fourth-order valence-electron chi connectivity index (χ4n) is 21.1. The minimum absolute atomic E-state index is 0.103. The highest BCUT2D eigenvalue weighted by Gasteiger charge is 2.50. The van der Waals surface area contributed by atoms with E-state index in [1.54, 1.807) is 0 Å². The zero-order chi connectivity index (χ0) is 86.0. The van der Waals surface area contributed by atoms with Crippen molar-refractivity contribution in [2.75, 3.05) is 9.80 Å². The summed E-state index contributed by atoms with van der Waals surface area (Å²) in [6, 6.07) is 144. The van der Waals surface area contributed by atoms with Crippen LogP contribution in [0.2, 0.25) is 0 Å². The van der Waals surface area contributed by atoms with Crippen LogP contribution in [-0.2, 0) is 27.1 Å². The first kappa shape index (κ1) is 77.5. The van der Waals surface area contributed by atoms with Crippen LogP contribution < -0.4 is 26.2 Å². The number of benzene rings is 17. The third-order valence-electron chi connectivity index (χ3n) is 27.4. The molecule has 3 aliphatic rings. The zero-order valence-electron chi connectivity index (χ0n) is 73.6. The molecule has 2 aliphatic heterocycles. The summed E-state index contributed by atoms with van der Waals surface area (Å²) < 4.78 is 5.08. The molecule has 0 fully saturated rings. The van der Waals surface area contributed by atoms with Crippen LogP contribution in [0, 0.1) is 6.57 Å². The van der Waals surface area contributed by atoms with Crippen LogP contribution >= 0.6 is 0 Å². The van der Waals surface area contributed by atoms with Crippen LogP contribution in [-0.4, -0.2) is 15.8 Å². The van der Waals surface area contributed by atoms with Gasteiger partial charge < -0.3 is 18.9 Å². The van der Waals surface area contributed by atoms with Gasteiger partial charge in [-0.05, 0) is 223 Å². The Labute approximate surface area is 740 Å². The van der Waals surface area contributed by atoms with E-state index < -0.39 is 12.1 Å². The molecule has 1 aliphatic carbocycles. The summed E-state index contributed by atoms with van der Waals surface area (Å²) in [5, 5.41) is 4.54. The molecule has 0 bridgehead atoms. The van der Waals surface area contributed by atoms with Gasteiger partial charge in [-0.3, -0.25) is 0 Å². The molecule has 4 heterocycles. The molecular formula is C120H98BN5. The van der Waals surface area contributed by atoms with E-state index in [0.717, 1.165) is 128 Å². The standard InChI is InChI=1S/C120H98BN5/c1-116(2,3)83-57-63-105-98(66-83)92-60-56-84(117(4,5)6)71-108(92)123(105)88-59-61-102-109(73-88)126(115-96(78-41-24-16-25-42-78)69-86(119(10,11)12)70-97(115)79-43-26-17-27-44-79)111-75-89(124-104-54-35-33-49-91(104)99-72-87(122-13)58-64-106(99)124)74-110-113(111)121(102)103-65-80(90-51-36-53-101-112(90)93-50-32-34-52-100(93)120(101,81-45-28-18-29-46-81)82-47-30-19-31-48-82)55-62-107(103)125(110)114-94(76-37-20-14-21-38-76)67-85(118(7,8)9)68-95(114)77-39-22-15-23-40-77/h14-75H,1-12H3. The van der Waals surface area contributed by atoms with E-state index in [9.17, 15) is 0 Å². The lowest BCUT2D eigenvalue weighted by Crippen LogP contribution is -2.61. The number of rotatable bonds is 11. The fourth-order valence-corrected chi connectivity index (χ4v) is 21.1. The van der Waals surface area contributed by atoms with Gasteiger partial charge in [-0.2, -0.15) is 0 Å². The molecule has 2 aromatic heterocycles. The van der Waals surface area contributed by atoms with Crippen molar-refractivity contribution in [3.8, 4) is 78.1 Å². The van der Waals surface area contributed by atoms with Crippen LogP contribution in [0.1, 0.15) is 128 Å². The highest BCUT2D eigenvalue weighted by atomic mass is 15.2. The third-order valence-corrected chi connectivity index (χ3v) is 27.4. The van der Waals surface area contributed by atoms with Gasteiger partial charge in [0.1, 0.15) is 0 Å². The van der Waals surface area contributed by atoms with Gasteiger partial charge in [0.05, 0.1) is 51.1 Å². The summed E-state index contributed by atoms with van der Waals surface area (Å²) in [5.74, 6) is 0. The summed E-state index contributed by atoms with van der Waals surface area (Å²) >= 11 is 0. The maximum Gasteiger partial charge on any atom is 0.252 e. The molecule has 6 heteroatoms.